The standard InChI is InChI=1S/C26H28BrFN4O3S/c27-19-6-4-17(20(28)13-19)5-7-23(34)32-11-2-1-8-26(32)9-3-10-31(16-26)25(35)18-12-21-24(29-14-18)36-15-22(33)30-21/h4,6,12-14H,1-3,5,7-11,15-16H2,(H,30,33). The van der Waals surface area contributed by atoms with E-state index < -0.39 is 5.54 Å². The minimum absolute atomic E-state index is 0.0153. The summed E-state index contributed by atoms with van der Waals surface area (Å²) in [5.41, 5.74) is 1.15. The van der Waals surface area contributed by atoms with Crippen molar-refractivity contribution in [2.24, 2.45) is 0 Å². The average molecular weight is 576 g/mol. The molecule has 5 rings (SSSR count). The van der Waals surface area contributed by atoms with E-state index in [0.29, 0.717) is 58.1 Å². The molecular formula is C26H28BrFN4O3S. The van der Waals surface area contributed by atoms with Crippen molar-refractivity contribution in [2.75, 3.05) is 30.7 Å². The molecular weight excluding hydrogens is 547 g/mol. The largest absolute Gasteiger partial charge is 0.336 e. The number of carbonyl (C=O) groups excluding carboxylic acids is 3. The summed E-state index contributed by atoms with van der Waals surface area (Å²) in [6, 6.07) is 6.63. The Morgan fingerprint density at radius 1 is 1.17 bits per heavy atom. The van der Waals surface area contributed by atoms with Gasteiger partial charge in [0.25, 0.3) is 5.91 Å². The summed E-state index contributed by atoms with van der Waals surface area (Å²) in [6.07, 6.45) is 6.61. The average Bonchev–Trinajstić information content (AvgIpc) is 2.87. The molecule has 3 amide bonds. The second-order valence-corrected chi connectivity index (χ2v) is 11.6. The van der Waals surface area contributed by atoms with Crippen molar-refractivity contribution >= 4 is 51.1 Å². The van der Waals surface area contributed by atoms with Crippen LogP contribution in [0.25, 0.3) is 0 Å². The number of benzene rings is 1. The number of pyridine rings is 1. The summed E-state index contributed by atoms with van der Waals surface area (Å²) in [5, 5.41) is 3.51. The van der Waals surface area contributed by atoms with Gasteiger partial charge >= 0.3 is 0 Å². The SMILES string of the molecule is O=C1CSc2ncc(C(=O)N3CCCC4(CCCCN4C(=O)CCc4ccc(Br)cc4F)C3)cc2N1. The number of anilines is 1. The number of carbonyl (C=O) groups is 3. The molecule has 0 saturated carbocycles. The zero-order valence-electron chi connectivity index (χ0n) is 19.9. The first-order valence-electron chi connectivity index (χ1n) is 12.3. The van der Waals surface area contributed by atoms with E-state index in [2.05, 4.69) is 26.2 Å². The number of hydrogen-bond donors (Lipinski definition) is 1. The third-order valence-electron chi connectivity index (χ3n) is 7.33. The molecule has 190 valence electrons. The Hall–Kier alpha value is -2.46. The minimum atomic E-state index is -0.396. The second-order valence-electron chi connectivity index (χ2n) is 9.71. The number of rotatable bonds is 4. The van der Waals surface area contributed by atoms with Gasteiger partial charge < -0.3 is 15.1 Å². The lowest BCUT2D eigenvalue weighted by Crippen LogP contribution is -2.63. The van der Waals surface area contributed by atoms with Crippen LogP contribution in [0.2, 0.25) is 0 Å². The molecule has 7 nitrogen and oxygen atoms in total. The highest BCUT2D eigenvalue weighted by molar-refractivity contribution is 9.10. The van der Waals surface area contributed by atoms with Crippen molar-refractivity contribution in [2.45, 2.75) is 55.5 Å². The van der Waals surface area contributed by atoms with Crippen LogP contribution in [0.4, 0.5) is 10.1 Å². The van der Waals surface area contributed by atoms with E-state index in [1.54, 1.807) is 24.4 Å². The fraction of sp³-hybridized carbons (Fsp3) is 0.462. The van der Waals surface area contributed by atoms with Crippen molar-refractivity contribution in [3.8, 4) is 0 Å². The van der Waals surface area contributed by atoms with Crippen LogP contribution >= 0.6 is 27.7 Å². The Labute approximate surface area is 222 Å². The van der Waals surface area contributed by atoms with Gasteiger partial charge in [-0.3, -0.25) is 14.4 Å². The summed E-state index contributed by atoms with van der Waals surface area (Å²) in [4.78, 5) is 46.8. The molecule has 10 heteroatoms. The van der Waals surface area contributed by atoms with Crippen molar-refractivity contribution in [1.82, 2.24) is 14.8 Å². The first kappa shape index (κ1) is 25.2. The topological polar surface area (TPSA) is 82.6 Å². The molecule has 0 aliphatic carbocycles. The highest BCUT2D eigenvalue weighted by Gasteiger charge is 2.45. The molecule has 3 aliphatic rings. The molecule has 1 aromatic heterocycles. The minimum Gasteiger partial charge on any atom is -0.336 e. The Morgan fingerprint density at radius 2 is 2.00 bits per heavy atom. The van der Waals surface area contributed by atoms with E-state index >= 15 is 0 Å². The number of piperidine rings is 2. The molecule has 4 heterocycles. The summed E-state index contributed by atoms with van der Waals surface area (Å²) >= 11 is 4.63. The van der Waals surface area contributed by atoms with Crippen LogP contribution in [0.1, 0.15) is 54.4 Å². The van der Waals surface area contributed by atoms with Gasteiger partial charge in [0.2, 0.25) is 11.8 Å². The predicted molar refractivity (Wildman–Crippen MR) is 139 cm³/mol. The number of thioether (sulfide) groups is 1. The van der Waals surface area contributed by atoms with Crippen LogP contribution in [0.15, 0.2) is 40.0 Å². The van der Waals surface area contributed by atoms with E-state index in [4.69, 9.17) is 0 Å². The Bertz CT molecular complexity index is 1210. The number of nitrogens with zero attached hydrogens (tertiary/aromatic N) is 3. The van der Waals surface area contributed by atoms with Gasteiger partial charge in [0.05, 0.1) is 22.5 Å². The van der Waals surface area contributed by atoms with E-state index in [9.17, 15) is 18.8 Å². The molecule has 1 aromatic carbocycles. The van der Waals surface area contributed by atoms with Crippen LogP contribution < -0.4 is 5.32 Å². The summed E-state index contributed by atoms with van der Waals surface area (Å²) in [6.45, 7) is 1.75. The van der Waals surface area contributed by atoms with Gasteiger partial charge in [-0.25, -0.2) is 9.37 Å². The van der Waals surface area contributed by atoms with E-state index in [0.717, 1.165) is 32.1 Å². The third kappa shape index (κ3) is 5.16. The molecule has 1 N–H and O–H groups in total. The number of nitrogens with one attached hydrogen (secondary N) is 1. The van der Waals surface area contributed by atoms with Gasteiger partial charge in [-0.2, -0.15) is 0 Å². The fourth-order valence-electron chi connectivity index (χ4n) is 5.57. The number of likely N-dealkylation sites (tertiary alicyclic amines) is 2. The maximum atomic E-state index is 14.3. The summed E-state index contributed by atoms with van der Waals surface area (Å²) in [7, 11) is 0. The molecule has 3 aliphatic heterocycles. The van der Waals surface area contributed by atoms with Crippen LogP contribution in [-0.2, 0) is 16.0 Å². The first-order chi connectivity index (χ1) is 17.3. The lowest BCUT2D eigenvalue weighted by molar-refractivity contribution is -0.142. The van der Waals surface area contributed by atoms with Gasteiger partial charge in [-0.1, -0.05) is 33.8 Å². The zero-order valence-corrected chi connectivity index (χ0v) is 22.3. The lowest BCUT2D eigenvalue weighted by atomic mass is 9.79. The normalized spacial score (nSPS) is 21.8. The number of amides is 3. The molecule has 1 spiro atoms. The lowest BCUT2D eigenvalue weighted by Gasteiger charge is -2.52. The van der Waals surface area contributed by atoms with Crippen LogP contribution in [0.3, 0.4) is 0 Å². The third-order valence-corrected chi connectivity index (χ3v) is 8.82. The molecule has 1 atom stereocenters. The monoisotopic (exact) mass is 574 g/mol. The highest BCUT2D eigenvalue weighted by Crippen LogP contribution is 2.38. The second kappa shape index (κ2) is 10.5. The van der Waals surface area contributed by atoms with Gasteiger partial charge in [0.1, 0.15) is 10.8 Å². The number of fused-ring (bicyclic) bond motifs is 1. The maximum absolute atomic E-state index is 14.3. The van der Waals surface area contributed by atoms with Gasteiger partial charge in [-0.05, 0) is 62.3 Å². The fourth-order valence-corrected chi connectivity index (χ4v) is 6.64. The van der Waals surface area contributed by atoms with Crippen molar-refractivity contribution in [3.63, 3.8) is 0 Å². The van der Waals surface area contributed by atoms with Crippen molar-refractivity contribution in [1.29, 1.82) is 0 Å². The number of aromatic nitrogens is 1. The van der Waals surface area contributed by atoms with E-state index in [-0.39, 0.29) is 30.0 Å². The molecule has 0 bridgehead atoms. The van der Waals surface area contributed by atoms with Gasteiger partial charge in [0.15, 0.2) is 0 Å². The molecule has 2 saturated heterocycles. The van der Waals surface area contributed by atoms with Crippen molar-refractivity contribution in [3.05, 3.63) is 51.9 Å². The highest BCUT2D eigenvalue weighted by atomic mass is 79.9. The number of hydrogen-bond acceptors (Lipinski definition) is 5. The van der Waals surface area contributed by atoms with E-state index in [1.807, 2.05) is 9.80 Å². The molecule has 2 fully saturated rings. The van der Waals surface area contributed by atoms with E-state index in [1.165, 1.54) is 17.8 Å². The smallest absolute Gasteiger partial charge is 0.255 e. The van der Waals surface area contributed by atoms with Crippen LogP contribution in [-0.4, -0.2) is 63.4 Å². The molecule has 0 radical (unpaired) electrons. The maximum Gasteiger partial charge on any atom is 0.255 e. The molecule has 2 aromatic rings. The molecule has 36 heavy (non-hydrogen) atoms. The summed E-state index contributed by atoms with van der Waals surface area (Å²) < 4.78 is 15.0. The first-order valence-corrected chi connectivity index (χ1v) is 14.1. The number of halogens is 2. The van der Waals surface area contributed by atoms with Crippen LogP contribution in [0.5, 0.6) is 0 Å². The van der Waals surface area contributed by atoms with Crippen LogP contribution in [0, 0.1) is 5.82 Å². The van der Waals surface area contributed by atoms with Gasteiger partial charge in [0, 0.05) is 36.7 Å². The Balaban J connectivity index is 1.30. The number of aryl methyl sites for hydroxylation is 1. The van der Waals surface area contributed by atoms with Crippen molar-refractivity contribution < 1.29 is 18.8 Å². The van der Waals surface area contributed by atoms with Gasteiger partial charge in [-0.15, -0.1) is 0 Å². The predicted octanol–water partition coefficient (Wildman–Crippen LogP) is 4.65. The summed E-state index contributed by atoms with van der Waals surface area (Å²) in [5.74, 6) is -0.214. The quantitative estimate of drug-likeness (QED) is 0.575. The zero-order chi connectivity index (χ0) is 25.3. The Morgan fingerprint density at radius 3 is 2.83 bits per heavy atom. The Kier molecular flexibility index (Phi) is 7.35. The molecule has 1 unspecified atom stereocenters.